The van der Waals surface area contributed by atoms with Crippen LogP contribution in [0.25, 0.3) is 10.8 Å². The lowest BCUT2D eigenvalue weighted by Crippen LogP contribution is -2.44. The van der Waals surface area contributed by atoms with Gasteiger partial charge in [0.25, 0.3) is 0 Å². The van der Waals surface area contributed by atoms with Crippen molar-refractivity contribution in [2.45, 2.75) is 50.9 Å². The number of aromatic nitrogens is 1. The van der Waals surface area contributed by atoms with Crippen molar-refractivity contribution in [3.05, 3.63) is 77.4 Å². The maximum Gasteiger partial charge on any atom is 0.469 e. The molecule has 0 spiro atoms. The molecule has 4 N–H and O–H groups in total. The molecule has 2 aromatic carbocycles. The van der Waals surface area contributed by atoms with Gasteiger partial charge in [0.15, 0.2) is 0 Å². The molecule has 0 aliphatic carbocycles. The van der Waals surface area contributed by atoms with Gasteiger partial charge in [-0.15, -0.1) is 0 Å². The summed E-state index contributed by atoms with van der Waals surface area (Å²) in [4.78, 5) is 49.3. The van der Waals surface area contributed by atoms with E-state index >= 15 is 0 Å². The third kappa shape index (κ3) is 8.54. The molecule has 2 heterocycles. The van der Waals surface area contributed by atoms with Gasteiger partial charge < -0.3 is 24.7 Å². The number of carbonyl (C=O) groups excluding carboxylic acids is 2. The summed E-state index contributed by atoms with van der Waals surface area (Å²) in [6.45, 7) is 1.58. The molecule has 220 valence electrons. The minimum absolute atomic E-state index is 0.0273. The van der Waals surface area contributed by atoms with Crippen LogP contribution in [0.3, 0.4) is 0 Å². The first kappa shape index (κ1) is 30.5. The van der Waals surface area contributed by atoms with Crippen LogP contribution in [0.2, 0.25) is 0 Å². The Hall–Kier alpha value is -3.41. The molecule has 4 rings (SSSR count). The molecule has 0 radical (unpaired) electrons. The number of carbonyl (C=O) groups is 2. The van der Waals surface area contributed by atoms with Gasteiger partial charge in [-0.25, -0.2) is 13.8 Å². The molecule has 13 heteroatoms. The average Bonchev–Trinajstić information content (AvgIpc) is 3.75. The van der Waals surface area contributed by atoms with Gasteiger partial charge in [0.2, 0.25) is 0 Å². The van der Waals surface area contributed by atoms with Gasteiger partial charge in [0.05, 0.1) is 24.9 Å². The van der Waals surface area contributed by atoms with E-state index in [1.807, 2.05) is 30.3 Å². The Labute approximate surface area is 237 Å². The van der Waals surface area contributed by atoms with Crippen LogP contribution in [-0.4, -0.2) is 64.0 Å². The lowest BCUT2D eigenvalue weighted by molar-refractivity contribution is -0.143. The number of phosphoric ester groups is 1. The third-order valence-corrected chi connectivity index (χ3v) is 7.64. The molecule has 1 saturated heterocycles. The Kier molecular flexibility index (Phi) is 10.1. The number of nitrogens with one attached hydrogen (secondary N) is 2. The van der Waals surface area contributed by atoms with Crippen molar-refractivity contribution in [3.8, 4) is 0 Å². The van der Waals surface area contributed by atoms with Crippen LogP contribution in [0.4, 0.5) is 9.18 Å². The topological polar surface area (TPSA) is 160 Å². The highest BCUT2D eigenvalue weighted by Crippen LogP contribution is 2.36. The van der Waals surface area contributed by atoms with Crippen molar-refractivity contribution >= 4 is 30.6 Å². The molecule has 0 saturated carbocycles. The number of ether oxygens (including phenoxy) is 1. The minimum Gasteiger partial charge on any atom is -0.464 e. The lowest BCUT2D eigenvalue weighted by atomic mass is 10.1. The Bertz CT molecular complexity index is 1440. The Morgan fingerprint density at radius 3 is 2.66 bits per heavy atom. The first-order valence-corrected chi connectivity index (χ1v) is 14.8. The van der Waals surface area contributed by atoms with E-state index in [1.165, 1.54) is 11.0 Å². The smallest absolute Gasteiger partial charge is 0.464 e. The molecule has 1 aliphatic rings. The molecule has 41 heavy (non-hydrogen) atoms. The van der Waals surface area contributed by atoms with Crippen LogP contribution in [0.5, 0.6) is 0 Å². The number of rotatable bonds is 13. The lowest BCUT2D eigenvalue weighted by Gasteiger charge is -2.28. The number of fused-ring (bicyclic) bond motifs is 1. The minimum atomic E-state index is -4.61. The number of esters is 1. The first-order chi connectivity index (χ1) is 19.5. The second-order valence-corrected chi connectivity index (χ2v) is 11.2. The molecule has 0 bridgehead atoms. The number of pyridine rings is 1. The van der Waals surface area contributed by atoms with Crippen LogP contribution >= 0.6 is 7.82 Å². The van der Waals surface area contributed by atoms with Crippen LogP contribution in [0.1, 0.15) is 42.1 Å². The summed E-state index contributed by atoms with van der Waals surface area (Å²) in [7, 11) is -3.03. The van der Waals surface area contributed by atoms with Gasteiger partial charge in [-0.05, 0) is 48.4 Å². The summed E-state index contributed by atoms with van der Waals surface area (Å²) in [5.74, 6) is -0.791. The van der Waals surface area contributed by atoms with Gasteiger partial charge in [0, 0.05) is 37.6 Å². The maximum atomic E-state index is 13.9. The summed E-state index contributed by atoms with van der Waals surface area (Å²) in [6, 6.07) is 12.8. The van der Waals surface area contributed by atoms with Crippen molar-refractivity contribution in [1.29, 1.82) is 0 Å². The fourth-order valence-corrected chi connectivity index (χ4v) is 4.96. The fourth-order valence-electron chi connectivity index (χ4n) is 4.59. The van der Waals surface area contributed by atoms with Gasteiger partial charge in [-0.1, -0.05) is 36.4 Å². The number of nitrogens with zero attached hydrogens (tertiary/aromatic N) is 2. The van der Waals surface area contributed by atoms with E-state index in [9.17, 15) is 18.5 Å². The zero-order valence-electron chi connectivity index (χ0n) is 22.8. The molecule has 3 atom stereocenters. The van der Waals surface area contributed by atoms with E-state index in [2.05, 4.69) is 20.1 Å². The second-order valence-electron chi connectivity index (χ2n) is 9.95. The molecular weight excluding hydrogens is 554 g/mol. The highest BCUT2D eigenvalue weighted by molar-refractivity contribution is 7.46. The summed E-state index contributed by atoms with van der Waals surface area (Å²) in [5, 5.41) is 7.90. The first-order valence-electron chi connectivity index (χ1n) is 13.3. The standard InChI is InChI=1S/C28H34FN4O7P/c1-18-20(9-5-11-23(18)29)16-31-28(35)33(2)22(10-6-13-40-41(36,37)38)12-14-39-27(34)26-25(32-26)24-15-19-7-3-4-8-21(19)17-30-24/h3-5,7-9,11,15,17,22,25-26,32H,6,10,12-14,16H2,1-2H3,(H,31,35)(H2,36,37,38)/t22-,25?,26?/m0/s1. The largest absolute Gasteiger partial charge is 0.469 e. The van der Waals surface area contributed by atoms with Crippen LogP contribution in [0, 0.1) is 12.7 Å². The van der Waals surface area contributed by atoms with Crippen molar-refractivity contribution in [2.24, 2.45) is 0 Å². The zero-order valence-corrected chi connectivity index (χ0v) is 23.7. The number of amides is 2. The van der Waals surface area contributed by atoms with E-state index in [4.69, 9.17) is 14.5 Å². The summed E-state index contributed by atoms with van der Waals surface area (Å²) in [6.07, 6.45) is 2.65. The maximum absolute atomic E-state index is 13.9. The highest BCUT2D eigenvalue weighted by Gasteiger charge is 2.45. The Balaban J connectivity index is 1.30. The van der Waals surface area contributed by atoms with Gasteiger partial charge in [0.1, 0.15) is 11.9 Å². The van der Waals surface area contributed by atoms with Crippen molar-refractivity contribution in [3.63, 3.8) is 0 Å². The number of phosphoric acid groups is 1. The summed E-state index contributed by atoms with van der Waals surface area (Å²) < 4.78 is 34.9. The van der Waals surface area contributed by atoms with Crippen LogP contribution < -0.4 is 10.6 Å². The van der Waals surface area contributed by atoms with Crippen LogP contribution in [0.15, 0.2) is 54.7 Å². The Morgan fingerprint density at radius 1 is 1.15 bits per heavy atom. The predicted molar refractivity (Wildman–Crippen MR) is 149 cm³/mol. The number of benzene rings is 2. The number of hydrogen-bond donors (Lipinski definition) is 4. The predicted octanol–water partition coefficient (Wildman–Crippen LogP) is 3.73. The number of urea groups is 1. The fraction of sp³-hybridized carbons (Fsp3) is 0.393. The van der Waals surface area contributed by atoms with Gasteiger partial charge in [-0.3, -0.25) is 19.6 Å². The average molecular weight is 589 g/mol. The van der Waals surface area contributed by atoms with E-state index in [0.717, 1.165) is 16.5 Å². The number of hydrogen-bond acceptors (Lipinski definition) is 7. The van der Waals surface area contributed by atoms with E-state index in [1.54, 1.807) is 32.3 Å². The van der Waals surface area contributed by atoms with Gasteiger partial charge in [-0.2, -0.15) is 0 Å². The molecule has 11 nitrogen and oxygen atoms in total. The van der Waals surface area contributed by atoms with E-state index < -0.39 is 31.9 Å². The molecule has 2 amide bonds. The van der Waals surface area contributed by atoms with Crippen LogP contribution in [-0.2, 0) is 25.2 Å². The third-order valence-electron chi connectivity index (χ3n) is 7.12. The molecule has 2 unspecified atom stereocenters. The monoisotopic (exact) mass is 588 g/mol. The zero-order chi connectivity index (χ0) is 29.6. The molecule has 3 aromatic rings. The quantitative estimate of drug-likeness (QED) is 0.101. The second kappa shape index (κ2) is 13.5. The number of halogens is 1. The SMILES string of the molecule is Cc1c(F)cccc1CNC(=O)N(C)[C@@H](CCCOP(=O)(O)O)CCOC(=O)C1NC1c1cc2ccccc2cn1. The van der Waals surface area contributed by atoms with Crippen molar-refractivity contribution in [1.82, 2.24) is 20.5 Å². The van der Waals surface area contributed by atoms with E-state index in [0.29, 0.717) is 17.5 Å². The molecule has 1 fully saturated rings. The Morgan fingerprint density at radius 2 is 1.90 bits per heavy atom. The van der Waals surface area contributed by atoms with Crippen molar-refractivity contribution in [2.75, 3.05) is 20.3 Å². The molecular formula is C28H34FN4O7P. The van der Waals surface area contributed by atoms with Gasteiger partial charge >= 0.3 is 19.8 Å². The summed E-state index contributed by atoms with van der Waals surface area (Å²) in [5.41, 5.74) is 1.83. The highest BCUT2D eigenvalue weighted by atomic mass is 31.2. The normalized spacial score (nSPS) is 17.2. The molecule has 1 aliphatic heterocycles. The summed E-state index contributed by atoms with van der Waals surface area (Å²) >= 11 is 0. The van der Waals surface area contributed by atoms with Crippen molar-refractivity contribution < 1.29 is 37.6 Å². The van der Waals surface area contributed by atoms with E-state index in [-0.39, 0.29) is 44.5 Å². The molecule has 1 aromatic heterocycles.